The van der Waals surface area contributed by atoms with Crippen molar-refractivity contribution in [3.63, 3.8) is 0 Å². The van der Waals surface area contributed by atoms with Crippen LogP contribution < -0.4 is 4.90 Å². The molecule has 1 aromatic rings. The first-order valence-corrected chi connectivity index (χ1v) is 9.84. The summed E-state index contributed by atoms with van der Waals surface area (Å²) in [6.07, 6.45) is 4.13. The minimum atomic E-state index is -0.832. The zero-order chi connectivity index (χ0) is 17.3. The maximum Gasteiger partial charge on any atom is 0.229 e. The number of piperidine rings is 2. The Kier molecular flexibility index (Phi) is 2.34. The molecule has 1 spiro atoms. The maximum absolute atomic E-state index is 13.2. The van der Waals surface area contributed by atoms with E-state index in [1.165, 1.54) is 5.56 Å². The number of ether oxygens (including phenoxy) is 1. The van der Waals surface area contributed by atoms with E-state index in [1.54, 1.807) is 0 Å². The number of carbonyl (C=O) groups is 1. The van der Waals surface area contributed by atoms with E-state index in [0.29, 0.717) is 19.1 Å². The standard InChI is InChI=1S/C21H22N2O3/c24-17-9-15-18-19-20(13-3-1-2-4-14(13)23(17)19)6-7-22-11-12(5-8-26-15)21(18,25)10-16(20)22/h1-5,15-16,18-19,25H,6-11H2. The Bertz CT molecular complexity index is 897. The molecule has 1 saturated carbocycles. The molecule has 0 aromatic heterocycles. The Balaban J connectivity index is 1.57. The van der Waals surface area contributed by atoms with E-state index in [-0.39, 0.29) is 29.4 Å². The molecule has 1 aliphatic carbocycles. The molecule has 1 N–H and O–H groups in total. The Labute approximate surface area is 152 Å². The van der Waals surface area contributed by atoms with Gasteiger partial charge in [-0.2, -0.15) is 0 Å². The van der Waals surface area contributed by atoms with E-state index in [2.05, 4.69) is 34.1 Å². The summed E-state index contributed by atoms with van der Waals surface area (Å²) in [5.41, 5.74) is 2.64. The lowest BCUT2D eigenvalue weighted by atomic mass is 9.51. The van der Waals surface area contributed by atoms with Crippen molar-refractivity contribution in [3.05, 3.63) is 41.5 Å². The summed E-state index contributed by atoms with van der Waals surface area (Å²) < 4.78 is 6.15. The second kappa shape index (κ2) is 4.24. The Morgan fingerprint density at radius 1 is 1.27 bits per heavy atom. The lowest BCUT2D eigenvalue weighted by Gasteiger charge is -2.62. The number of hydrogen-bond acceptors (Lipinski definition) is 4. The normalized spacial score (nSPS) is 47.5. The molecule has 2 bridgehead atoms. The molecule has 5 heterocycles. The van der Waals surface area contributed by atoms with Crippen molar-refractivity contribution < 1.29 is 14.6 Å². The van der Waals surface area contributed by atoms with Gasteiger partial charge in [0.2, 0.25) is 5.91 Å². The molecule has 1 amide bonds. The van der Waals surface area contributed by atoms with Gasteiger partial charge in [-0.15, -0.1) is 0 Å². The molecule has 5 aliphatic heterocycles. The highest BCUT2D eigenvalue weighted by Gasteiger charge is 2.74. The fourth-order valence-electron chi connectivity index (χ4n) is 7.50. The Hall–Kier alpha value is -1.69. The highest BCUT2D eigenvalue weighted by molar-refractivity contribution is 5.99. The van der Waals surface area contributed by atoms with Gasteiger partial charge in [-0.05, 0) is 36.6 Å². The molecule has 134 valence electrons. The fourth-order valence-corrected chi connectivity index (χ4v) is 7.50. The fraction of sp³-hybridized carbons (Fsp3) is 0.571. The van der Waals surface area contributed by atoms with E-state index < -0.39 is 5.60 Å². The molecule has 7 rings (SSSR count). The average molecular weight is 350 g/mol. The zero-order valence-electron chi connectivity index (χ0n) is 14.6. The van der Waals surface area contributed by atoms with Crippen LogP contribution in [0.5, 0.6) is 0 Å². The number of rotatable bonds is 0. The first-order chi connectivity index (χ1) is 12.6. The number of aliphatic hydroxyl groups is 1. The van der Waals surface area contributed by atoms with Crippen LogP contribution in [0.25, 0.3) is 0 Å². The lowest BCUT2D eigenvalue weighted by molar-refractivity contribution is -0.157. The van der Waals surface area contributed by atoms with Gasteiger partial charge in [0.1, 0.15) is 0 Å². The number of amides is 1. The van der Waals surface area contributed by atoms with Gasteiger partial charge in [0.05, 0.1) is 30.8 Å². The quantitative estimate of drug-likeness (QED) is 0.715. The van der Waals surface area contributed by atoms with Crippen LogP contribution in [0.3, 0.4) is 0 Å². The third-order valence-electron chi connectivity index (χ3n) is 8.33. The number of benzene rings is 1. The molecular formula is C21H22N2O3. The predicted molar refractivity (Wildman–Crippen MR) is 94.9 cm³/mol. The van der Waals surface area contributed by atoms with Gasteiger partial charge < -0.3 is 14.7 Å². The minimum absolute atomic E-state index is 0.0155. The summed E-state index contributed by atoms with van der Waals surface area (Å²) >= 11 is 0. The molecule has 5 nitrogen and oxygen atoms in total. The van der Waals surface area contributed by atoms with Crippen molar-refractivity contribution in [2.24, 2.45) is 5.92 Å². The maximum atomic E-state index is 13.2. The number of fused-ring (bicyclic) bond motifs is 2. The van der Waals surface area contributed by atoms with Crippen LogP contribution in [-0.2, 0) is 14.9 Å². The van der Waals surface area contributed by atoms with Gasteiger partial charge in [-0.3, -0.25) is 9.69 Å². The van der Waals surface area contributed by atoms with E-state index in [0.717, 1.165) is 37.2 Å². The molecule has 6 unspecified atom stereocenters. The van der Waals surface area contributed by atoms with Crippen LogP contribution in [0.1, 0.15) is 24.8 Å². The first kappa shape index (κ1) is 14.4. The van der Waals surface area contributed by atoms with Crippen molar-refractivity contribution in [1.82, 2.24) is 4.90 Å². The third-order valence-corrected chi connectivity index (χ3v) is 8.33. The molecule has 26 heavy (non-hydrogen) atoms. The number of carbonyl (C=O) groups excluding carboxylic acids is 1. The topological polar surface area (TPSA) is 53.0 Å². The summed E-state index contributed by atoms with van der Waals surface area (Å²) in [5, 5.41) is 11.9. The number of anilines is 1. The lowest BCUT2D eigenvalue weighted by Crippen LogP contribution is -2.75. The second-order valence-electron chi connectivity index (χ2n) is 8.96. The third kappa shape index (κ3) is 1.30. The summed E-state index contributed by atoms with van der Waals surface area (Å²) in [4.78, 5) is 17.8. The molecular weight excluding hydrogens is 328 g/mol. The van der Waals surface area contributed by atoms with Crippen LogP contribution >= 0.6 is 0 Å². The van der Waals surface area contributed by atoms with Crippen LogP contribution in [0.4, 0.5) is 5.69 Å². The van der Waals surface area contributed by atoms with Crippen LogP contribution in [-0.4, -0.2) is 59.4 Å². The van der Waals surface area contributed by atoms with Crippen molar-refractivity contribution >= 4 is 11.6 Å². The first-order valence-electron chi connectivity index (χ1n) is 9.84. The highest BCUT2D eigenvalue weighted by atomic mass is 16.5. The highest BCUT2D eigenvalue weighted by Crippen LogP contribution is 2.66. The number of hydrogen-bond donors (Lipinski definition) is 1. The average Bonchev–Trinajstić information content (AvgIpc) is 3.10. The van der Waals surface area contributed by atoms with E-state index in [9.17, 15) is 9.90 Å². The van der Waals surface area contributed by atoms with Crippen LogP contribution in [0, 0.1) is 5.92 Å². The van der Waals surface area contributed by atoms with E-state index in [1.807, 2.05) is 6.07 Å². The van der Waals surface area contributed by atoms with Crippen molar-refractivity contribution in [2.45, 2.75) is 48.5 Å². The van der Waals surface area contributed by atoms with E-state index >= 15 is 0 Å². The molecule has 6 aliphatic rings. The van der Waals surface area contributed by atoms with Gasteiger partial charge in [0.25, 0.3) is 0 Å². The summed E-state index contributed by atoms with van der Waals surface area (Å²) in [6.45, 7) is 2.40. The molecule has 5 heteroatoms. The second-order valence-corrected chi connectivity index (χ2v) is 8.96. The largest absolute Gasteiger partial charge is 0.385 e. The van der Waals surface area contributed by atoms with Gasteiger partial charge >= 0.3 is 0 Å². The SMILES string of the molecule is O=C1CC2OCC=C3CN4CCC56c7ccccc7N1C5C2C3(O)CC46. The predicted octanol–water partition coefficient (Wildman–Crippen LogP) is 1.21. The van der Waals surface area contributed by atoms with E-state index in [4.69, 9.17) is 4.74 Å². The monoisotopic (exact) mass is 350 g/mol. The van der Waals surface area contributed by atoms with Crippen LogP contribution in [0.2, 0.25) is 0 Å². The van der Waals surface area contributed by atoms with Crippen molar-refractivity contribution in [2.75, 3.05) is 24.6 Å². The number of nitrogens with zero attached hydrogens (tertiary/aromatic N) is 2. The summed E-state index contributed by atoms with van der Waals surface area (Å²) in [7, 11) is 0. The minimum Gasteiger partial charge on any atom is -0.385 e. The molecule has 0 radical (unpaired) electrons. The molecule has 3 saturated heterocycles. The molecule has 6 atom stereocenters. The van der Waals surface area contributed by atoms with Gasteiger partial charge in [0, 0.05) is 29.6 Å². The Morgan fingerprint density at radius 2 is 2.15 bits per heavy atom. The van der Waals surface area contributed by atoms with Crippen molar-refractivity contribution in [1.29, 1.82) is 0 Å². The van der Waals surface area contributed by atoms with Gasteiger partial charge in [-0.1, -0.05) is 24.3 Å². The van der Waals surface area contributed by atoms with Gasteiger partial charge in [-0.25, -0.2) is 0 Å². The Morgan fingerprint density at radius 3 is 3.08 bits per heavy atom. The molecule has 4 fully saturated rings. The smallest absolute Gasteiger partial charge is 0.229 e. The summed E-state index contributed by atoms with van der Waals surface area (Å²) in [5.74, 6) is 0.129. The summed E-state index contributed by atoms with van der Waals surface area (Å²) in [6, 6.07) is 8.80. The number of para-hydroxylation sites is 1. The zero-order valence-corrected chi connectivity index (χ0v) is 14.6. The van der Waals surface area contributed by atoms with Crippen LogP contribution in [0.15, 0.2) is 35.9 Å². The van der Waals surface area contributed by atoms with Crippen molar-refractivity contribution in [3.8, 4) is 0 Å². The molecule has 1 aromatic carbocycles. The van der Waals surface area contributed by atoms with Gasteiger partial charge in [0.15, 0.2) is 0 Å².